The SMILES string of the molecule is O=S(=O)(Nc1cccc(I)c1)c1ccc2c(c1)NCC2. The lowest BCUT2D eigenvalue weighted by Crippen LogP contribution is -2.13. The summed E-state index contributed by atoms with van der Waals surface area (Å²) in [5.74, 6) is 0. The Hall–Kier alpha value is -1.28. The third kappa shape index (κ3) is 2.76. The third-order valence-corrected chi connectivity index (χ3v) is 5.23. The van der Waals surface area contributed by atoms with Gasteiger partial charge in [0.05, 0.1) is 4.90 Å². The highest BCUT2D eigenvalue weighted by molar-refractivity contribution is 14.1. The standard InChI is InChI=1S/C14H13IN2O2S/c15-11-2-1-3-12(8-11)17-20(18,19)13-5-4-10-6-7-16-14(10)9-13/h1-5,8-9,16-17H,6-7H2. The number of sulfonamides is 1. The molecule has 2 aromatic carbocycles. The Kier molecular flexibility index (Phi) is 3.59. The molecule has 0 aromatic heterocycles. The molecule has 4 nitrogen and oxygen atoms in total. The molecule has 104 valence electrons. The molecule has 1 heterocycles. The van der Waals surface area contributed by atoms with Crippen molar-refractivity contribution in [3.05, 3.63) is 51.6 Å². The van der Waals surface area contributed by atoms with E-state index in [0.29, 0.717) is 5.69 Å². The van der Waals surface area contributed by atoms with Gasteiger partial charge in [0, 0.05) is 21.5 Å². The van der Waals surface area contributed by atoms with Crippen LogP contribution in [0.5, 0.6) is 0 Å². The van der Waals surface area contributed by atoms with Gasteiger partial charge in [0.25, 0.3) is 10.0 Å². The van der Waals surface area contributed by atoms with E-state index in [1.807, 2.05) is 18.2 Å². The maximum atomic E-state index is 12.4. The fraction of sp³-hybridized carbons (Fsp3) is 0.143. The molecule has 1 aliphatic heterocycles. The summed E-state index contributed by atoms with van der Waals surface area (Å²) in [7, 11) is -3.54. The molecule has 0 unspecified atom stereocenters. The Morgan fingerprint density at radius 2 is 2.00 bits per heavy atom. The van der Waals surface area contributed by atoms with E-state index in [4.69, 9.17) is 0 Å². The number of hydrogen-bond acceptors (Lipinski definition) is 3. The number of halogens is 1. The Balaban J connectivity index is 1.92. The van der Waals surface area contributed by atoms with Gasteiger partial charge < -0.3 is 5.32 Å². The lowest BCUT2D eigenvalue weighted by molar-refractivity contribution is 0.601. The quantitative estimate of drug-likeness (QED) is 0.779. The third-order valence-electron chi connectivity index (χ3n) is 3.18. The van der Waals surface area contributed by atoms with Crippen LogP contribution < -0.4 is 10.0 Å². The predicted octanol–water partition coefficient (Wildman–Crippen LogP) is 3.06. The molecule has 6 heteroatoms. The predicted molar refractivity (Wildman–Crippen MR) is 88.6 cm³/mol. The topological polar surface area (TPSA) is 58.2 Å². The van der Waals surface area contributed by atoms with E-state index >= 15 is 0 Å². The summed E-state index contributed by atoms with van der Waals surface area (Å²) in [6.07, 6.45) is 0.944. The van der Waals surface area contributed by atoms with E-state index in [0.717, 1.165) is 22.2 Å². The Bertz CT molecular complexity index is 760. The van der Waals surface area contributed by atoms with Crippen LogP contribution in [0.4, 0.5) is 11.4 Å². The fourth-order valence-electron chi connectivity index (χ4n) is 2.20. The number of benzene rings is 2. The fourth-order valence-corrected chi connectivity index (χ4v) is 3.82. The van der Waals surface area contributed by atoms with Gasteiger partial charge in [-0.3, -0.25) is 4.72 Å². The van der Waals surface area contributed by atoms with Crippen LogP contribution in [0.2, 0.25) is 0 Å². The molecule has 1 aliphatic rings. The van der Waals surface area contributed by atoms with Crippen LogP contribution >= 0.6 is 22.6 Å². The van der Waals surface area contributed by atoms with Crippen LogP contribution in [0.25, 0.3) is 0 Å². The van der Waals surface area contributed by atoms with Crippen molar-refractivity contribution in [2.45, 2.75) is 11.3 Å². The molecule has 0 saturated heterocycles. The zero-order valence-electron chi connectivity index (χ0n) is 10.6. The average molecular weight is 400 g/mol. The highest BCUT2D eigenvalue weighted by Gasteiger charge is 2.18. The maximum absolute atomic E-state index is 12.4. The summed E-state index contributed by atoms with van der Waals surface area (Å²) < 4.78 is 28.3. The van der Waals surface area contributed by atoms with Gasteiger partial charge in [0.2, 0.25) is 0 Å². The van der Waals surface area contributed by atoms with Crippen molar-refractivity contribution in [3.63, 3.8) is 0 Å². The summed E-state index contributed by atoms with van der Waals surface area (Å²) in [5, 5.41) is 3.19. The van der Waals surface area contributed by atoms with E-state index in [1.54, 1.807) is 24.3 Å². The van der Waals surface area contributed by atoms with Gasteiger partial charge in [0.15, 0.2) is 0 Å². The van der Waals surface area contributed by atoms with Gasteiger partial charge in [-0.25, -0.2) is 8.42 Å². The molecule has 2 N–H and O–H groups in total. The largest absolute Gasteiger partial charge is 0.384 e. The first-order valence-corrected chi connectivity index (χ1v) is 8.76. The molecule has 0 fully saturated rings. The second-order valence-corrected chi connectivity index (χ2v) is 7.54. The van der Waals surface area contributed by atoms with E-state index in [2.05, 4.69) is 32.6 Å². The van der Waals surface area contributed by atoms with Crippen LogP contribution in [0.1, 0.15) is 5.56 Å². The summed E-state index contributed by atoms with van der Waals surface area (Å²) in [6, 6.07) is 12.5. The molecule has 3 rings (SSSR count). The van der Waals surface area contributed by atoms with Crippen molar-refractivity contribution in [1.29, 1.82) is 0 Å². The number of rotatable bonds is 3. The van der Waals surface area contributed by atoms with Crippen molar-refractivity contribution < 1.29 is 8.42 Å². The molecule has 2 aromatic rings. The second kappa shape index (κ2) is 5.25. The first kappa shape index (κ1) is 13.7. The minimum absolute atomic E-state index is 0.282. The number of nitrogens with one attached hydrogen (secondary N) is 2. The molecule has 0 bridgehead atoms. The van der Waals surface area contributed by atoms with Crippen LogP contribution in [0, 0.1) is 3.57 Å². The van der Waals surface area contributed by atoms with E-state index < -0.39 is 10.0 Å². The van der Waals surface area contributed by atoms with Crippen LogP contribution in [-0.4, -0.2) is 15.0 Å². The van der Waals surface area contributed by atoms with Gasteiger partial charge in [0.1, 0.15) is 0 Å². The van der Waals surface area contributed by atoms with Gasteiger partial charge in [-0.05, 0) is 64.9 Å². The van der Waals surface area contributed by atoms with Crippen LogP contribution in [0.3, 0.4) is 0 Å². The summed E-state index contributed by atoms with van der Waals surface area (Å²) in [5.41, 5.74) is 2.65. The van der Waals surface area contributed by atoms with E-state index in [9.17, 15) is 8.42 Å². The van der Waals surface area contributed by atoms with Gasteiger partial charge in [-0.2, -0.15) is 0 Å². The number of fused-ring (bicyclic) bond motifs is 1. The molecular weight excluding hydrogens is 387 g/mol. The maximum Gasteiger partial charge on any atom is 0.261 e. The lowest BCUT2D eigenvalue weighted by atomic mass is 10.2. The average Bonchev–Trinajstić information content (AvgIpc) is 2.85. The van der Waals surface area contributed by atoms with Gasteiger partial charge in [-0.1, -0.05) is 12.1 Å². The van der Waals surface area contributed by atoms with Crippen LogP contribution in [0.15, 0.2) is 47.4 Å². The molecule has 0 aliphatic carbocycles. The zero-order chi connectivity index (χ0) is 14.2. The second-order valence-electron chi connectivity index (χ2n) is 4.61. The molecule has 0 atom stereocenters. The highest BCUT2D eigenvalue weighted by atomic mass is 127. The van der Waals surface area contributed by atoms with Gasteiger partial charge in [-0.15, -0.1) is 0 Å². The molecule has 0 saturated carbocycles. The number of hydrogen-bond donors (Lipinski definition) is 2. The van der Waals surface area contributed by atoms with Crippen molar-refractivity contribution in [1.82, 2.24) is 0 Å². The van der Waals surface area contributed by atoms with Crippen molar-refractivity contribution in [2.24, 2.45) is 0 Å². The first-order chi connectivity index (χ1) is 9.54. The smallest absolute Gasteiger partial charge is 0.261 e. The van der Waals surface area contributed by atoms with Crippen molar-refractivity contribution in [2.75, 3.05) is 16.6 Å². The molecular formula is C14H13IN2O2S. The normalized spacial score (nSPS) is 13.7. The molecule has 0 radical (unpaired) electrons. The zero-order valence-corrected chi connectivity index (χ0v) is 13.5. The summed E-state index contributed by atoms with van der Waals surface area (Å²) in [6.45, 7) is 0.864. The van der Waals surface area contributed by atoms with Crippen molar-refractivity contribution >= 4 is 44.0 Å². The first-order valence-electron chi connectivity index (χ1n) is 6.20. The molecule has 20 heavy (non-hydrogen) atoms. The Labute approximate surface area is 131 Å². The summed E-state index contributed by atoms with van der Waals surface area (Å²) in [4.78, 5) is 0.282. The highest BCUT2D eigenvalue weighted by Crippen LogP contribution is 2.26. The van der Waals surface area contributed by atoms with E-state index in [1.165, 1.54) is 5.56 Å². The Morgan fingerprint density at radius 1 is 1.15 bits per heavy atom. The van der Waals surface area contributed by atoms with Gasteiger partial charge >= 0.3 is 0 Å². The van der Waals surface area contributed by atoms with E-state index in [-0.39, 0.29) is 4.90 Å². The lowest BCUT2D eigenvalue weighted by Gasteiger charge is -2.10. The summed E-state index contributed by atoms with van der Waals surface area (Å²) >= 11 is 2.15. The monoisotopic (exact) mass is 400 g/mol. The minimum atomic E-state index is -3.54. The van der Waals surface area contributed by atoms with Crippen LogP contribution in [-0.2, 0) is 16.4 Å². The Morgan fingerprint density at radius 3 is 2.80 bits per heavy atom. The van der Waals surface area contributed by atoms with Crippen molar-refractivity contribution in [3.8, 4) is 0 Å². The molecule has 0 spiro atoms. The molecule has 0 amide bonds. The minimum Gasteiger partial charge on any atom is -0.384 e. The number of anilines is 2.